The molecule has 1 fully saturated rings. The summed E-state index contributed by atoms with van der Waals surface area (Å²) in [4.78, 5) is 29.1. The molecule has 0 aliphatic carbocycles. The monoisotopic (exact) mass is 290 g/mol. The highest BCUT2D eigenvalue weighted by Crippen LogP contribution is 2.18. The first-order chi connectivity index (χ1) is 10.1. The van der Waals surface area contributed by atoms with Crippen molar-refractivity contribution in [2.75, 3.05) is 19.8 Å². The van der Waals surface area contributed by atoms with E-state index in [-0.39, 0.29) is 11.9 Å². The topological polar surface area (TPSA) is 79.7 Å². The van der Waals surface area contributed by atoms with E-state index in [1.165, 1.54) is 18.5 Å². The zero-order valence-electron chi connectivity index (χ0n) is 11.9. The summed E-state index contributed by atoms with van der Waals surface area (Å²) in [7, 11) is 0. The van der Waals surface area contributed by atoms with Crippen molar-refractivity contribution in [2.45, 2.75) is 19.4 Å². The molecule has 2 heterocycles. The second-order valence-corrected chi connectivity index (χ2v) is 4.77. The Morgan fingerprint density at radius 2 is 2.38 bits per heavy atom. The Balaban J connectivity index is 2.28. The summed E-state index contributed by atoms with van der Waals surface area (Å²) in [5.74, 6) is -1.17. The number of aliphatic carboxylic acids is 1. The molecule has 1 unspecified atom stereocenters. The molecule has 6 nitrogen and oxygen atoms in total. The largest absolute Gasteiger partial charge is 0.478 e. The lowest BCUT2D eigenvalue weighted by molar-refractivity contribution is -0.131. The molecule has 1 aliphatic heterocycles. The van der Waals surface area contributed by atoms with Crippen molar-refractivity contribution >= 4 is 18.0 Å². The molecule has 1 saturated heterocycles. The zero-order valence-corrected chi connectivity index (χ0v) is 11.9. The molecule has 1 N–H and O–H groups in total. The lowest BCUT2D eigenvalue weighted by Crippen LogP contribution is -2.48. The Morgan fingerprint density at radius 3 is 3.10 bits per heavy atom. The number of carboxylic acid groups (broad SMARTS) is 1. The lowest BCUT2D eigenvalue weighted by atomic mass is 10.1. The molecule has 6 heteroatoms. The highest BCUT2D eigenvalue weighted by molar-refractivity contribution is 5.99. The maximum Gasteiger partial charge on any atom is 0.328 e. The van der Waals surface area contributed by atoms with Crippen molar-refractivity contribution in [3.8, 4) is 0 Å². The van der Waals surface area contributed by atoms with Gasteiger partial charge in [0.1, 0.15) is 0 Å². The SMILES string of the molecule is CCC1COCCN1C(=O)c1ccncc1C=CC(=O)O. The Kier molecular flexibility index (Phi) is 5.05. The van der Waals surface area contributed by atoms with Gasteiger partial charge in [0.2, 0.25) is 0 Å². The van der Waals surface area contributed by atoms with Crippen molar-refractivity contribution < 1.29 is 19.4 Å². The molecular formula is C15H18N2O4. The van der Waals surface area contributed by atoms with Crippen molar-refractivity contribution in [1.82, 2.24) is 9.88 Å². The molecule has 0 radical (unpaired) electrons. The van der Waals surface area contributed by atoms with E-state index >= 15 is 0 Å². The van der Waals surface area contributed by atoms with Gasteiger partial charge in [0, 0.05) is 36.1 Å². The van der Waals surface area contributed by atoms with E-state index < -0.39 is 5.97 Å². The van der Waals surface area contributed by atoms with E-state index in [4.69, 9.17) is 9.84 Å². The second-order valence-electron chi connectivity index (χ2n) is 4.77. The van der Waals surface area contributed by atoms with E-state index in [0.717, 1.165) is 12.5 Å². The molecule has 1 amide bonds. The first-order valence-electron chi connectivity index (χ1n) is 6.87. The number of morpholine rings is 1. The number of ether oxygens (including phenoxy) is 1. The molecule has 0 saturated carbocycles. The predicted molar refractivity (Wildman–Crippen MR) is 76.8 cm³/mol. The molecule has 21 heavy (non-hydrogen) atoms. The van der Waals surface area contributed by atoms with Crippen LogP contribution >= 0.6 is 0 Å². The second kappa shape index (κ2) is 6.99. The number of hydrogen-bond acceptors (Lipinski definition) is 4. The number of amides is 1. The number of aromatic nitrogens is 1. The molecule has 0 spiro atoms. The van der Waals surface area contributed by atoms with Gasteiger partial charge in [-0.05, 0) is 18.6 Å². The molecule has 0 bridgehead atoms. The fraction of sp³-hybridized carbons (Fsp3) is 0.400. The Labute approximate surface area is 123 Å². The minimum absolute atomic E-state index is 0.0516. The van der Waals surface area contributed by atoms with Crippen molar-refractivity contribution in [3.63, 3.8) is 0 Å². The third kappa shape index (κ3) is 3.66. The van der Waals surface area contributed by atoms with Gasteiger partial charge in [0.25, 0.3) is 5.91 Å². The first-order valence-corrected chi connectivity index (χ1v) is 6.87. The first kappa shape index (κ1) is 15.2. The van der Waals surface area contributed by atoms with E-state index in [1.54, 1.807) is 11.0 Å². The van der Waals surface area contributed by atoms with Gasteiger partial charge in [0.05, 0.1) is 19.3 Å². The quantitative estimate of drug-likeness (QED) is 0.849. The number of nitrogens with zero attached hydrogens (tertiary/aromatic N) is 2. The molecule has 1 atom stereocenters. The van der Waals surface area contributed by atoms with Crippen LogP contribution in [-0.4, -0.2) is 52.7 Å². The molecule has 1 aliphatic rings. The molecule has 0 aromatic carbocycles. The molecule has 1 aromatic rings. The van der Waals surface area contributed by atoms with Gasteiger partial charge in [-0.1, -0.05) is 6.92 Å². The molecule has 2 rings (SSSR count). The van der Waals surface area contributed by atoms with Gasteiger partial charge >= 0.3 is 5.97 Å². The number of hydrogen-bond donors (Lipinski definition) is 1. The highest BCUT2D eigenvalue weighted by Gasteiger charge is 2.27. The summed E-state index contributed by atoms with van der Waals surface area (Å²) in [5, 5.41) is 8.71. The maximum absolute atomic E-state index is 12.7. The summed E-state index contributed by atoms with van der Waals surface area (Å²) < 4.78 is 5.40. The minimum atomic E-state index is -1.06. The number of pyridine rings is 1. The summed E-state index contributed by atoms with van der Waals surface area (Å²) in [6.45, 7) is 3.61. The molecule has 112 valence electrons. The number of rotatable bonds is 4. The Hall–Kier alpha value is -2.21. The number of carbonyl (C=O) groups is 2. The van der Waals surface area contributed by atoms with Crippen LogP contribution in [0.2, 0.25) is 0 Å². The third-order valence-corrected chi connectivity index (χ3v) is 3.45. The highest BCUT2D eigenvalue weighted by atomic mass is 16.5. The number of carboxylic acids is 1. The average molecular weight is 290 g/mol. The van der Waals surface area contributed by atoms with Crippen LogP contribution in [0.15, 0.2) is 24.5 Å². The van der Waals surface area contributed by atoms with Crippen LogP contribution in [-0.2, 0) is 9.53 Å². The summed E-state index contributed by atoms with van der Waals surface area (Å²) in [6, 6.07) is 1.67. The van der Waals surface area contributed by atoms with Crippen molar-refractivity contribution in [3.05, 3.63) is 35.7 Å². The van der Waals surface area contributed by atoms with E-state index in [9.17, 15) is 9.59 Å². The fourth-order valence-electron chi connectivity index (χ4n) is 2.31. The molecular weight excluding hydrogens is 272 g/mol. The predicted octanol–water partition coefficient (Wildman–Crippen LogP) is 1.43. The van der Waals surface area contributed by atoms with Crippen LogP contribution < -0.4 is 0 Å². The van der Waals surface area contributed by atoms with Crippen LogP contribution in [0.3, 0.4) is 0 Å². The Bertz CT molecular complexity index is 556. The van der Waals surface area contributed by atoms with Gasteiger partial charge in [-0.2, -0.15) is 0 Å². The third-order valence-electron chi connectivity index (χ3n) is 3.45. The normalized spacial score (nSPS) is 18.9. The van der Waals surface area contributed by atoms with E-state index in [2.05, 4.69) is 4.98 Å². The van der Waals surface area contributed by atoms with Gasteiger partial charge in [-0.15, -0.1) is 0 Å². The van der Waals surface area contributed by atoms with Crippen molar-refractivity contribution in [2.24, 2.45) is 0 Å². The van der Waals surface area contributed by atoms with E-state index in [0.29, 0.717) is 30.9 Å². The van der Waals surface area contributed by atoms with Gasteiger partial charge in [0.15, 0.2) is 0 Å². The zero-order chi connectivity index (χ0) is 15.2. The standard InChI is InChI=1S/C15H18N2O4/c1-2-12-10-21-8-7-17(12)15(20)13-5-6-16-9-11(13)3-4-14(18)19/h3-6,9,12H,2,7-8,10H2,1H3,(H,18,19). The average Bonchev–Trinajstić information content (AvgIpc) is 2.52. The minimum Gasteiger partial charge on any atom is -0.478 e. The van der Waals surface area contributed by atoms with Crippen LogP contribution in [0.1, 0.15) is 29.3 Å². The Morgan fingerprint density at radius 1 is 1.57 bits per heavy atom. The van der Waals surface area contributed by atoms with Crippen LogP contribution in [0.25, 0.3) is 6.08 Å². The lowest BCUT2D eigenvalue weighted by Gasteiger charge is -2.35. The summed E-state index contributed by atoms with van der Waals surface area (Å²) in [5.41, 5.74) is 0.967. The van der Waals surface area contributed by atoms with E-state index in [1.807, 2.05) is 6.92 Å². The number of carbonyl (C=O) groups excluding carboxylic acids is 1. The van der Waals surface area contributed by atoms with Crippen molar-refractivity contribution in [1.29, 1.82) is 0 Å². The van der Waals surface area contributed by atoms with Crippen LogP contribution in [0, 0.1) is 0 Å². The maximum atomic E-state index is 12.7. The molecule has 1 aromatic heterocycles. The van der Waals surface area contributed by atoms with Crippen LogP contribution in [0.5, 0.6) is 0 Å². The van der Waals surface area contributed by atoms with Gasteiger partial charge < -0.3 is 14.7 Å². The van der Waals surface area contributed by atoms with Gasteiger partial charge in [-0.25, -0.2) is 4.79 Å². The van der Waals surface area contributed by atoms with Crippen LogP contribution in [0.4, 0.5) is 0 Å². The summed E-state index contributed by atoms with van der Waals surface area (Å²) >= 11 is 0. The van der Waals surface area contributed by atoms with Gasteiger partial charge in [-0.3, -0.25) is 9.78 Å². The fourth-order valence-corrected chi connectivity index (χ4v) is 2.31. The smallest absolute Gasteiger partial charge is 0.328 e. The summed E-state index contributed by atoms with van der Waals surface area (Å²) in [6.07, 6.45) is 6.24.